The maximum absolute atomic E-state index is 5.69. The highest BCUT2D eigenvalue weighted by atomic mass is 16.5. The third-order valence-electron chi connectivity index (χ3n) is 3.77. The van der Waals surface area contributed by atoms with E-state index in [0.717, 1.165) is 28.2 Å². The van der Waals surface area contributed by atoms with Gasteiger partial charge in [-0.05, 0) is 45.4 Å². The zero-order valence-corrected chi connectivity index (χ0v) is 12.6. The van der Waals surface area contributed by atoms with Crippen molar-refractivity contribution >= 4 is 28.6 Å². The van der Waals surface area contributed by atoms with Crippen LogP contribution in [0.5, 0.6) is 0 Å². The van der Waals surface area contributed by atoms with Crippen molar-refractivity contribution in [2.24, 2.45) is 0 Å². The van der Waals surface area contributed by atoms with Crippen molar-refractivity contribution < 1.29 is 4.52 Å². The quantitative estimate of drug-likeness (QED) is 0.780. The number of allylic oxidation sites excluding steroid dienone is 1. The predicted octanol–water partition coefficient (Wildman–Crippen LogP) is 3.55. The summed E-state index contributed by atoms with van der Waals surface area (Å²) in [4.78, 5) is 0. The standard InChI is InChI=1S/C16H18N4O/c1-9-6-5-7-14-15(9)12(4)18-20(14)10(2)8-13-11(3)16(17)21-19-13/h5-8H,17H2,1-4H3. The molecular formula is C16H18N4O. The van der Waals surface area contributed by atoms with E-state index in [2.05, 4.69) is 29.3 Å². The summed E-state index contributed by atoms with van der Waals surface area (Å²) < 4.78 is 6.93. The molecule has 2 aromatic heterocycles. The first-order chi connectivity index (χ1) is 9.99. The van der Waals surface area contributed by atoms with Crippen molar-refractivity contribution in [1.82, 2.24) is 14.9 Å². The van der Waals surface area contributed by atoms with E-state index in [9.17, 15) is 0 Å². The highest BCUT2D eigenvalue weighted by Gasteiger charge is 2.12. The fourth-order valence-corrected chi connectivity index (χ4v) is 2.58. The minimum atomic E-state index is 0.353. The van der Waals surface area contributed by atoms with Gasteiger partial charge in [0.05, 0.1) is 11.2 Å². The van der Waals surface area contributed by atoms with Gasteiger partial charge in [-0.1, -0.05) is 17.3 Å². The van der Waals surface area contributed by atoms with Crippen LogP contribution in [0.25, 0.3) is 22.7 Å². The molecule has 0 spiro atoms. The molecule has 2 N–H and O–H groups in total. The molecule has 0 bridgehead atoms. The number of nitrogen functional groups attached to an aromatic ring is 1. The third-order valence-corrected chi connectivity index (χ3v) is 3.77. The lowest BCUT2D eigenvalue weighted by atomic mass is 10.1. The summed E-state index contributed by atoms with van der Waals surface area (Å²) in [7, 11) is 0. The number of aromatic nitrogens is 3. The molecule has 5 nitrogen and oxygen atoms in total. The number of nitrogens with two attached hydrogens (primary N) is 1. The van der Waals surface area contributed by atoms with E-state index >= 15 is 0 Å². The van der Waals surface area contributed by atoms with Gasteiger partial charge in [0.15, 0.2) is 0 Å². The molecule has 0 amide bonds. The van der Waals surface area contributed by atoms with E-state index in [-0.39, 0.29) is 0 Å². The Hall–Kier alpha value is -2.56. The number of nitrogens with zero attached hydrogens (tertiary/aromatic N) is 3. The zero-order chi connectivity index (χ0) is 15.1. The molecule has 21 heavy (non-hydrogen) atoms. The van der Waals surface area contributed by atoms with Crippen LogP contribution in [0.2, 0.25) is 0 Å². The van der Waals surface area contributed by atoms with Gasteiger partial charge >= 0.3 is 0 Å². The van der Waals surface area contributed by atoms with Crippen LogP contribution in [-0.4, -0.2) is 14.9 Å². The normalized spacial score (nSPS) is 12.3. The average Bonchev–Trinajstić information content (AvgIpc) is 2.95. The molecule has 1 aromatic carbocycles. The number of rotatable bonds is 2. The Morgan fingerprint density at radius 2 is 2.05 bits per heavy atom. The molecule has 2 heterocycles. The zero-order valence-electron chi connectivity index (χ0n) is 12.6. The van der Waals surface area contributed by atoms with Crippen LogP contribution in [0, 0.1) is 20.8 Å². The molecule has 0 aliphatic carbocycles. The minimum Gasteiger partial charge on any atom is -0.367 e. The van der Waals surface area contributed by atoms with E-state index in [1.165, 1.54) is 10.9 Å². The number of hydrogen-bond donors (Lipinski definition) is 1. The topological polar surface area (TPSA) is 69.9 Å². The molecule has 0 fully saturated rings. The van der Waals surface area contributed by atoms with Crippen LogP contribution < -0.4 is 5.73 Å². The fourth-order valence-electron chi connectivity index (χ4n) is 2.58. The van der Waals surface area contributed by atoms with Crippen molar-refractivity contribution in [1.29, 1.82) is 0 Å². The van der Waals surface area contributed by atoms with Gasteiger partial charge in [0, 0.05) is 16.6 Å². The highest BCUT2D eigenvalue weighted by Crippen LogP contribution is 2.26. The van der Waals surface area contributed by atoms with Gasteiger partial charge in [-0.2, -0.15) is 5.10 Å². The molecule has 3 aromatic rings. The van der Waals surface area contributed by atoms with Crippen LogP contribution >= 0.6 is 0 Å². The average molecular weight is 282 g/mol. The summed E-state index contributed by atoms with van der Waals surface area (Å²) in [6.45, 7) is 8.02. The maximum Gasteiger partial charge on any atom is 0.225 e. The Balaban J connectivity index is 2.16. The van der Waals surface area contributed by atoms with Gasteiger partial charge in [-0.3, -0.25) is 0 Å². The SMILES string of the molecule is CC(=Cc1noc(N)c1C)n1nc(C)c2c(C)cccc21. The summed E-state index contributed by atoms with van der Waals surface area (Å²) in [5.74, 6) is 0.353. The minimum absolute atomic E-state index is 0.353. The molecule has 0 saturated carbocycles. The number of fused-ring (bicyclic) bond motifs is 1. The van der Waals surface area contributed by atoms with Gasteiger partial charge in [0.25, 0.3) is 0 Å². The van der Waals surface area contributed by atoms with Crippen LogP contribution in [0.1, 0.15) is 29.4 Å². The summed E-state index contributed by atoms with van der Waals surface area (Å²) in [5.41, 5.74) is 11.6. The molecule has 3 rings (SSSR count). The second kappa shape index (κ2) is 4.77. The number of benzene rings is 1. The van der Waals surface area contributed by atoms with Gasteiger partial charge in [0.2, 0.25) is 5.88 Å². The Morgan fingerprint density at radius 1 is 1.29 bits per heavy atom. The summed E-state index contributed by atoms with van der Waals surface area (Å²) in [6.07, 6.45) is 1.93. The summed E-state index contributed by atoms with van der Waals surface area (Å²) in [6, 6.07) is 6.22. The van der Waals surface area contributed by atoms with E-state index in [1.54, 1.807) is 0 Å². The molecule has 108 valence electrons. The predicted molar refractivity (Wildman–Crippen MR) is 84.7 cm³/mol. The lowest BCUT2D eigenvalue weighted by molar-refractivity contribution is 0.434. The molecule has 0 aliphatic rings. The second-order valence-corrected chi connectivity index (χ2v) is 5.31. The first kappa shape index (κ1) is 13.4. The molecule has 0 atom stereocenters. The summed E-state index contributed by atoms with van der Waals surface area (Å²) in [5, 5.41) is 9.81. The molecule has 0 radical (unpaired) electrons. The van der Waals surface area contributed by atoms with Crippen molar-refractivity contribution in [3.8, 4) is 0 Å². The maximum atomic E-state index is 5.69. The first-order valence-electron chi connectivity index (χ1n) is 6.84. The van der Waals surface area contributed by atoms with Gasteiger partial charge < -0.3 is 10.3 Å². The number of anilines is 1. The van der Waals surface area contributed by atoms with Crippen molar-refractivity contribution in [2.75, 3.05) is 5.73 Å². The largest absolute Gasteiger partial charge is 0.367 e. The molecular weight excluding hydrogens is 264 g/mol. The van der Waals surface area contributed by atoms with Crippen molar-refractivity contribution in [3.05, 3.63) is 40.7 Å². The lowest BCUT2D eigenvalue weighted by Gasteiger charge is -2.03. The molecule has 0 aliphatic heterocycles. The van der Waals surface area contributed by atoms with Crippen LogP contribution in [0.15, 0.2) is 22.7 Å². The third kappa shape index (κ3) is 2.11. The van der Waals surface area contributed by atoms with Crippen molar-refractivity contribution in [2.45, 2.75) is 27.7 Å². The Bertz CT molecular complexity index is 855. The summed E-state index contributed by atoms with van der Waals surface area (Å²) >= 11 is 0. The Kier molecular flexibility index (Phi) is 3.05. The number of hydrogen-bond acceptors (Lipinski definition) is 4. The Labute approximate surface area is 123 Å². The highest BCUT2D eigenvalue weighted by molar-refractivity contribution is 5.89. The van der Waals surface area contributed by atoms with E-state index in [4.69, 9.17) is 10.3 Å². The second-order valence-electron chi connectivity index (χ2n) is 5.31. The Morgan fingerprint density at radius 3 is 2.71 bits per heavy atom. The number of aryl methyl sites for hydroxylation is 2. The van der Waals surface area contributed by atoms with E-state index in [0.29, 0.717) is 5.88 Å². The fraction of sp³-hybridized carbons (Fsp3) is 0.250. The van der Waals surface area contributed by atoms with Gasteiger partial charge in [-0.15, -0.1) is 0 Å². The monoisotopic (exact) mass is 282 g/mol. The molecule has 0 saturated heterocycles. The molecule has 5 heteroatoms. The van der Waals surface area contributed by atoms with E-state index in [1.807, 2.05) is 37.6 Å². The van der Waals surface area contributed by atoms with Crippen LogP contribution in [0.4, 0.5) is 5.88 Å². The molecule has 0 unspecified atom stereocenters. The lowest BCUT2D eigenvalue weighted by Crippen LogP contribution is -1.96. The van der Waals surface area contributed by atoms with Crippen LogP contribution in [0.3, 0.4) is 0 Å². The van der Waals surface area contributed by atoms with Gasteiger partial charge in [-0.25, -0.2) is 4.68 Å². The van der Waals surface area contributed by atoms with Gasteiger partial charge in [0.1, 0.15) is 5.69 Å². The van der Waals surface area contributed by atoms with E-state index < -0.39 is 0 Å². The van der Waals surface area contributed by atoms with Crippen LogP contribution in [-0.2, 0) is 0 Å². The smallest absolute Gasteiger partial charge is 0.225 e. The van der Waals surface area contributed by atoms with Crippen molar-refractivity contribution in [3.63, 3.8) is 0 Å². The first-order valence-corrected chi connectivity index (χ1v) is 6.84.